The molecule has 0 bridgehead atoms. The fraction of sp³-hybridized carbons (Fsp3) is 0.200. The molecule has 12 heavy (non-hydrogen) atoms. The Kier molecular flexibility index (Phi) is 1.81. The van der Waals surface area contributed by atoms with E-state index in [4.69, 9.17) is 16.0 Å². The van der Waals surface area contributed by atoms with Crippen molar-refractivity contribution in [2.75, 3.05) is 0 Å². The van der Waals surface area contributed by atoms with E-state index in [1.54, 1.807) is 6.26 Å². The lowest BCUT2D eigenvalue weighted by Gasteiger charge is -1.91. The Balaban J connectivity index is 2.73. The lowest BCUT2D eigenvalue weighted by Crippen LogP contribution is -1.74. The van der Waals surface area contributed by atoms with Crippen LogP contribution in [0.25, 0.3) is 11.0 Å². The Bertz CT molecular complexity index is 403. The van der Waals surface area contributed by atoms with Gasteiger partial charge >= 0.3 is 0 Å². The minimum atomic E-state index is 0.722. The first kappa shape index (κ1) is 7.69. The van der Waals surface area contributed by atoms with Gasteiger partial charge in [0.1, 0.15) is 5.58 Å². The van der Waals surface area contributed by atoms with Crippen LogP contribution < -0.4 is 0 Å². The first-order valence-corrected chi connectivity index (χ1v) is 4.34. The van der Waals surface area contributed by atoms with Crippen molar-refractivity contribution in [3.63, 3.8) is 0 Å². The number of furan rings is 1. The van der Waals surface area contributed by atoms with Gasteiger partial charge in [0, 0.05) is 10.4 Å². The molecular weight excluding hydrogens is 172 g/mol. The first-order valence-electron chi connectivity index (χ1n) is 3.97. The number of benzene rings is 1. The molecule has 1 heterocycles. The van der Waals surface area contributed by atoms with Gasteiger partial charge in [-0.25, -0.2) is 0 Å². The molecular formula is C10H9ClO. The SMILES string of the molecule is CCc1coc2cc(Cl)ccc12. The van der Waals surface area contributed by atoms with E-state index >= 15 is 0 Å². The summed E-state index contributed by atoms with van der Waals surface area (Å²) < 4.78 is 5.34. The minimum Gasteiger partial charge on any atom is -0.464 e. The molecule has 0 aliphatic carbocycles. The van der Waals surface area contributed by atoms with Crippen LogP contribution in [0.1, 0.15) is 12.5 Å². The van der Waals surface area contributed by atoms with E-state index in [-0.39, 0.29) is 0 Å². The van der Waals surface area contributed by atoms with Gasteiger partial charge in [0.15, 0.2) is 0 Å². The molecule has 0 spiro atoms. The van der Waals surface area contributed by atoms with Gasteiger partial charge in [-0.1, -0.05) is 18.5 Å². The molecule has 0 saturated carbocycles. The number of hydrogen-bond donors (Lipinski definition) is 0. The van der Waals surface area contributed by atoms with Crippen LogP contribution in [0.2, 0.25) is 5.02 Å². The number of rotatable bonds is 1. The summed E-state index contributed by atoms with van der Waals surface area (Å²) in [4.78, 5) is 0. The normalized spacial score (nSPS) is 10.8. The summed E-state index contributed by atoms with van der Waals surface area (Å²) in [6.45, 7) is 2.11. The van der Waals surface area contributed by atoms with Gasteiger partial charge in [-0.3, -0.25) is 0 Å². The third-order valence-electron chi connectivity index (χ3n) is 2.00. The van der Waals surface area contributed by atoms with Crippen LogP contribution >= 0.6 is 11.6 Å². The largest absolute Gasteiger partial charge is 0.464 e. The quantitative estimate of drug-likeness (QED) is 0.653. The molecule has 62 valence electrons. The molecule has 2 heteroatoms. The second-order valence-electron chi connectivity index (χ2n) is 2.75. The zero-order valence-corrected chi connectivity index (χ0v) is 7.56. The lowest BCUT2D eigenvalue weighted by molar-refractivity contribution is 0.611. The third kappa shape index (κ3) is 1.10. The fourth-order valence-corrected chi connectivity index (χ4v) is 1.49. The summed E-state index contributed by atoms with van der Waals surface area (Å²) in [6.07, 6.45) is 2.79. The molecule has 0 saturated heterocycles. The van der Waals surface area contributed by atoms with Gasteiger partial charge in [-0.15, -0.1) is 0 Å². The highest BCUT2D eigenvalue weighted by molar-refractivity contribution is 6.31. The highest BCUT2D eigenvalue weighted by Gasteiger charge is 2.03. The van der Waals surface area contributed by atoms with E-state index in [2.05, 4.69) is 6.92 Å². The highest BCUT2D eigenvalue weighted by Crippen LogP contribution is 2.24. The molecule has 0 aliphatic rings. The Hall–Kier alpha value is -0.950. The molecule has 1 aromatic heterocycles. The highest BCUT2D eigenvalue weighted by atomic mass is 35.5. The molecule has 2 rings (SSSR count). The van der Waals surface area contributed by atoms with Crippen molar-refractivity contribution in [1.82, 2.24) is 0 Å². The molecule has 0 atom stereocenters. The topological polar surface area (TPSA) is 13.1 Å². The zero-order valence-electron chi connectivity index (χ0n) is 6.80. The maximum Gasteiger partial charge on any atom is 0.135 e. The molecule has 0 aliphatic heterocycles. The standard InChI is InChI=1S/C10H9ClO/c1-2-7-6-12-10-5-8(11)3-4-9(7)10/h3-6H,2H2,1H3. The molecule has 0 radical (unpaired) electrons. The van der Waals surface area contributed by atoms with Gasteiger partial charge in [0.05, 0.1) is 6.26 Å². The van der Waals surface area contributed by atoms with Crippen LogP contribution in [0.5, 0.6) is 0 Å². The summed E-state index contributed by atoms with van der Waals surface area (Å²) >= 11 is 5.81. The zero-order chi connectivity index (χ0) is 8.55. The predicted octanol–water partition coefficient (Wildman–Crippen LogP) is 3.65. The summed E-state index contributed by atoms with van der Waals surface area (Å²) in [5.41, 5.74) is 2.11. The van der Waals surface area contributed by atoms with Crippen molar-refractivity contribution in [3.05, 3.63) is 35.0 Å². The van der Waals surface area contributed by atoms with Gasteiger partial charge < -0.3 is 4.42 Å². The van der Waals surface area contributed by atoms with E-state index in [0.717, 1.165) is 17.0 Å². The Morgan fingerprint density at radius 2 is 2.25 bits per heavy atom. The number of halogens is 1. The molecule has 2 aromatic rings. The van der Waals surface area contributed by atoms with Crippen LogP contribution in [0, 0.1) is 0 Å². The van der Waals surface area contributed by atoms with Gasteiger partial charge in [-0.05, 0) is 30.2 Å². The van der Waals surface area contributed by atoms with Crippen molar-refractivity contribution < 1.29 is 4.42 Å². The van der Waals surface area contributed by atoms with E-state index in [0.29, 0.717) is 0 Å². The van der Waals surface area contributed by atoms with Crippen molar-refractivity contribution in [2.24, 2.45) is 0 Å². The van der Waals surface area contributed by atoms with Crippen LogP contribution in [0.4, 0.5) is 0 Å². The Morgan fingerprint density at radius 1 is 1.42 bits per heavy atom. The molecule has 0 unspecified atom stereocenters. The van der Waals surface area contributed by atoms with E-state index in [1.807, 2.05) is 18.2 Å². The van der Waals surface area contributed by atoms with Crippen LogP contribution in [-0.4, -0.2) is 0 Å². The Morgan fingerprint density at radius 3 is 3.00 bits per heavy atom. The maximum absolute atomic E-state index is 5.81. The monoisotopic (exact) mass is 180 g/mol. The van der Waals surface area contributed by atoms with Crippen molar-refractivity contribution in [2.45, 2.75) is 13.3 Å². The minimum absolute atomic E-state index is 0.722. The first-order chi connectivity index (χ1) is 5.81. The molecule has 0 N–H and O–H groups in total. The summed E-state index contributed by atoms with van der Waals surface area (Å²) in [6, 6.07) is 5.73. The van der Waals surface area contributed by atoms with Gasteiger partial charge in [0.25, 0.3) is 0 Å². The fourth-order valence-electron chi connectivity index (χ4n) is 1.33. The molecule has 1 aromatic carbocycles. The van der Waals surface area contributed by atoms with E-state index in [9.17, 15) is 0 Å². The average Bonchev–Trinajstić information content (AvgIpc) is 2.46. The van der Waals surface area contributed by atoms with E-state index < -0.39 is 0 Å². The third-order valence-corrected chi connectivity index (χ3v) is 2.23. The maximum atomic E-state index is 5.81. The molecule has 0 amide bonds. The second-order valence-corrected chi connectivity index (χ2v) is 3.19. The van der Waals surface area contributed by atoms with Gasteiger partial charge in [-0.2, -0.15) is 0 Å². The molecule has 0 fully saturated rings. The van der Waals surface area contributed by atoms with Crippen LogP contribution in [0.3, 0.4) is 0 Å². The smallest absolute Gasteiger partial charge is 0.135 e. The lowest BCUT2D eigenvalue weighted by atomic mass is 10.1. The van der Waals surface area contributed by atoms with Crippen molar-refractivity contribution in [1.29, 1.82) is 0 Å². The van der Waals surface area contributed by atoms with Crippen LogP contribution in [0.15, 0.2) is 28.9 Å². The predicted molar refractivity (Wildman–Crippen MR) is 50.6 cm³/mol. The van der Waals surface area contributed by atoms with Crippen LogP contribution in [-0.2, 0) is 6.42 Å². The number of hydrogen-bond acceptors (Lipinski definition) is 1. The van der Waals surface area contributed by atoms with Gasteiger partial charge in [0.2, 0.25) is 0 Å². The van der Waals surface area contributed by atoms with Crippen molar-refractivity contribution >= 4 is 22.6 Å². The van der Waals surface area contributed by atoms with E-state index in [1.165, 1.54) is 10.9 Å². The Labute approximate surface area is 75.9 Å². The van der Waals surface area contributed by atoms with Crippen molar-refractivity contribution in [3.8, 4) is 0 Å². The number of fused-ring (bicyclic) bond motifs is 1. The summed E-state index contributed by atoms with van der Waals surface area (Å²) in [5.74, 6) is 0. The summed E-state index contributed by atoms with van der Waals surface area (Å²) in [5, 5.41) is 1.89. The second kappa shape index (κ2) is 2.83. The summed E-state index contributed by atoms with van der Waals surface area (Å²) in [7, 11) is 0. The number of aryl methyl sites for hydroxylation is 1. The average molecular weight is 181 g/mol. The molecule has 1 nitrogen and oxygen atoms in total.